The van der Waals surface area contributed by atoms with E-state index in [1.165, 1.54) is 0 Å². The van der Waals surface area contributed by atoms with Gasteiger partial charge in [0.2, 0.25) is 0 Å². The molecule has 3 rings (SSSR count). The van der Waals surface area contributed by atoms with Crippen LogP contribution in [0.4, 0.5) is 0 Å². The largest absolute Gasteiger partial charge is 0.449 e. The monoisotopic (exact) mass is 340 g/mol. The molecule has 0 unspecified atom stereocenters. The molecule has 1 aromatic heterocycles. The summed E-state index contributed by atoms with van der Waals surface area (Å²) in [6.07, 6.45) is 1.48. The van der Waals surface area contributed by atoms with Crippen molar-refractivity contribution in [2.24, 2.45) is 0 Å². The van der Waals surface area contributed by atoms with Crippen molar-refractivity contribution in [3.8, 4) is 0 Å². The Kier molecular flexibility index (Phi) is 4.93. The van der Waals surface area contributed by atoms with E-state index in [1.54, 1.807) is 6.92 Å². The Hall–Kier alpha value is -2.56. The molecule has 0 saturated heterocycles. The molecular weight excluding hydrogens is 316 g/mol. The molecule has 132 valence electrons. The first kappa shape index (κ1) is 17.3. The minimum absolute atomic E-state index is 0.298. The van der Waals surface area contributed by atoms with E-state index in [4.69, 9.17) is 4.74 Å². The zero-order chi connectivity index (χ0) is 18.0. The molecule has 2 aromatic rings. The van der Waals surface area contributed by atoms with Crippen LogP contribution in [0.15, 0.2) is 36.4 Å². The third-order valence-corrected chi connectivity index (χ3v) is 4.58. The number of benzene rings is 1. The van der Waals surface area contributed by atoms with Gasteiger partial charge in [-0.2, -0.15) is 0 Å². The number of nitrogens with zero attached hydrogens (tertiary/aromatic N) is 1. The van der Waals surface area contributed by atoms with Crippen LogP contribution in [0.2, 0.25) is 0 Å². The third kappa shape index (κ3) is 3.92. The number of rotatable bonds is 6. The second kappa shape index (κ2) is 7.13. The molecule has 1 heterocycles. The summed E-state index contributed by atoms with van der Waals surface area (Å²) in [6, 6.07) is 12.0. The zero-order valence-electron chi connectivity index (χ0n) is 14.9. The number of carbonyl (C=O) groups is 2. The standard InChI is InChI=1S/C20H24N2O3/c1-13-11-18(14(2)22(13)17-9-10-17)20(24)25-15(3)19(23)21-12-16-7-5-4-6-8-16/h4-8,11,15,17H,9-10,12H2,1-3H3,(H,21,23)/t15-/m0/s1. The van der Waals surface area contributed by atoms with Gasteiger partial charge in [0.25, 0.3) is 5.91 Å². The van der Waals surface area contributed by atoms with E-state index in [0.29, 0.717) is 18.2 Å². The summed E-state index contributed by atoms with van der Waals surface area (Å²) in [5.74, 6) is -0.740. The molecule has 1 saturated carbocycles. The van der Waals surface area contributed by atoms with Crippen molar-refractivity contribution in [3.05, 3.63) is 58.9 Å². The molecular formula is C20H24N2O3. The maximum absolute atomic E-state index is 12.4. The Labute approximate surface area is 148 Å². The molecule has 0 aliphatic heterocycles. The minimum atomic E-state index is -0.833. The van der Waals surface area contributed by atoms with Gasteiger partial charge in [0.05, 0.1) is 5.56 Å². The molecule has 5 nitrogen and oxygen atoms in total. The number of carbonyl (C=O) groups excluding carboxylic acids is 2. The van der Waals surface area contributed by atoms with E-state index in [-0.39, 0.29) is 5.91 Å². The van der Waals surface area contributed by atoms with Gasteiger partial charge < -0.3 is 14.6 Å². The number of esters is 1. The lowest BCUT2D eigenvalue weighted by atomic mass is 10.2. The fraction of sp³-hybridized carbons (Fsp3) is 0.400. The van der Waals surface area contributed by atoms with E-state index in [1.807, 2.05) is 50.2 Å². The van der Waals surface area contributed by atoms with Crippen LogP contribution in [0.25, 0.3) is 0 Å². The van der Waals surface area contributed by atoms with Crippen LogP contribution in [-0.4, -0.2) is 22.5 Å². The van der Waals surface area contributed by atoms with Gasteiger partial charge in [-0.25, -0.2) is 4.79 Å². The van der Waals surface area contributed by atoms with Crippen molar-refractivity contribution in [2.45, 2.75) is 52.3 Å². The lowest BCUT2D eigenvalue weighted by molar-refractivity contribution is -0.129. The van der Waals surface area contributed by atoms with Gasteiger partial charge in [-0.05, 0) is 45.2 Å². The molecule has 1 N–H and O–H groups in total. The highest BCUT2D eigenvalue weighted by atomic mass is 16.5. The van der Waals surface area contributed by atoms with E-state index in [0.717, 1.165) is 29.8 Å². The molecule has 25 heavy (non-hydrogen) atoms. The summed E-state index contributed by atoms with van der Waals surface area (Å²) in [6.45, 7) is 5.94. The molecule has 1 aromatic carbocycles. The maximum Gasteiger partial charge on any atom is 0.340 e. The summed E-state index contributed by atoms with van der Waals surface area (Å²) in [5.41, 5.74) is 3.53. The van der Waals surface area contributed by atoms with Gasteiger partial charge in [0.1, 0.15) is 0 Å². The molecule has 1 fully saturated rings. The molecule has 0 spiro atoms. The van der Waals surface area contributed by atoms with Crippen LogP contribution >= 0.6 is 0 Å². The van der Waals surface area contributed by atoms with Crippen LogP contribution in [-0.2, 0) is 16.1 Å². The molecule has 1 amide bonds. The topological polar surface area (TPSA) is 60.3 Å². The summed E-state index contributed by atoms with van der Waals surface area (Å²) in [4.78, 5) is 24.6. The second-order valence-electron chi connectivity index (χ2n) is 6.64. The number of aryl methyl sites for hydroxylation is 1. The SMILES string of the molecule is Cc1cc(C(=O)O[C@@H](C)C(=O)NCc2ccccc2)c(C)n1C1CC1. The predicted octanol–water partition coefficient (Wildman–Crippen LogP) is 3.30. The van der Waals surface area contributed by atoms with Crippen molar-refractivity contribution in [2.75, 3.05) is 0 Å². The van der Waals surface area contributed by atoms with Crippen LogP contribution in [0.5, 0.6) is 0 Å². The molecule has 0 radical (unpaired) electrons. The van der Waals surface area contributed by atoms with Gasteiger partial charge in [-0.15, -0.1) is 0 Å². The fourth-order valence-electron chi connectivity index (χ4n) is 3.08. The van der Waals surface area contributed by atoms with Crippen molar-refractivity contribution in [1.29, 1.82) is 0 Å². The lowest BCUT2D eigenvalue weighted by Crippen LogP contribution is -2.35. The van der Waals surface area contributed by atoms with Gasteiger partial charge in [0.15, 0.2) is 6.10 Å². The van der Waals surface area contributed by atoms with Crippen LogP contribution < -0.4 is 5.32 Å². The Bertz CT molecular complexity index is 776. The van der Waals surface area contributed by atoms with E-state index >= 15 is 0 Å². The smallest absolute Gasteiger partial charge is 0.340 e. The molecule has 1 atom stereocenters. The zero-order valence-corrected chi connectivity index (χ0v) is 14.9. The quantitative estimate of drug-likeness (QED) is 0.821. The van der Waals surface area contributed by atoms with Crippen LogP contribution in [0, 0.1) is 13.8 Å². The maximum atomic E-state index is 12.4. The minimum Gasteiger partial charge on any atom is -0.449 e. The van der Waals surface area contributed by atoms with E-state index < -0.39 is 12.1 Å². The van der Waals surface area contributed by atoms with Crippen molar-refractivity contribution in [1.82, 2.24) is 9.88 Å². The Balaban J connectivity index is 1.58. The number of nitrogens with one attached hydrogen (secondary N) is 1. The molecule has 5 heteroatoms. The summed E-state index contributed by atoms with van der Waals surface area (Å²) >= 11 is 0. The summed E-state index contributed by atoms with van der Waals surface area (Å²) < 4.78 is 7.56. The highest BCUT2D eigenvalue weighted by molar-refractivity contribution is 5.93. The van der Waals surface area contributed by atoms with Crippen molar-refractivity contribution in [3.63, 3.8) is 0 Å². The summed E-state index contributed by atoms with van der Waals surface area (Å²) in [7, 11) is 0. The first-order chi connectivity index (χ1) is 12.0. The lowest BCUT2D eigenvalue weighted by Gasteiger charge is -2.14. The van der Waals surface area contributed by atoms with E-state index in [9.17, 15) is 9.59 Å². The Morgan fingerprint density at radius 1 is 1.24 bits per heavy atom. The van der Waals surface area contributed by atoms with Crippen molar-refractivity contribution < 1.29 is 14.3 Å². The number of amides is 1. The van der Waals surface area contributed by atoms with Crippen LogP contribution in [0.1, 0.15) is 53.1 Å². The molecule has 1 aliphatic carbocycles. The summed E-state index contributed by atoms with van der Waals surface area (Å²) in [5, 5.41) is 2.79. The number of ether oxygens (including phenoxy) is 1. The number of aromatic nitrogens is 1. The van der Waals surface area contributed by atoms with Gasteiger partial charge in [-0.1, -0.05) is 30.3 Å². The highest BCUT2D eigenvalue weighted by Crippen LogP contribution is 2.38. The second-order valence-corrected chi connectivity index (χ2v) is 6.64. The Morgan fingerprint density at radius 3 is 2.56 bits per heavy atom. The van der Waals surface area contributed by atoms with Gasteiger partial charge >= 0.3 is 5.97 Å². The first-order valence-corrected chi connectivity index (χ1v) is 8.68. The molecule has 0 bridgehead atoms. The molecule has 1 aliphatic rings. The van der Waals surface area contributed by atoms with Gasteiger partial charge in [0, 0.05) is 24.0 Å². The van der Waals surface area contributed by atoms with Crippen molar-refractivity contribution >= 4 is 11.9 Å². The number of hydrogen-bond donors (Lipinski definition) is 1. The third-order valence-electron chi connectivity index (χ3n) is 4.58. The average Bonchev–Trinajstić information content (AvgIpc) is 3.38. The van der Waals surface area contributed by atoms with Gasteiger partial charge in [-0.3, -0.25) is 4.79 Å². The fourth-order valence-corrected chi connectivity index (χ4v) is 3.08. The van der Waals surface area contributed by atoms with E-state index in [2.05, 4.69) is 9.88 Å². The average molecular weight is 340 g/mol. The first-order valence-electron chi connectivity index (χ1n) is 8.68. The normalized spacial score (nSPS) is 14.8. The predicted molar refractivity (Wildman–Crippen MR) is 95.3 cm³/mol. The van der Waals surface area contributed by atoms with Crippen LogP contribution in [0.3, 0.4) is 0 Å². The highest BCUT2D eigenvalue weighted by Gasteiger charge is 2.29. The number of hydrogen-bond acceptors (Lipinski definition) is 3. The Morgan fingerprint density at radius 2 is 1.92 bits per heavy atom.